The number of guanidine groups is 1. The van der Waals surface area contributed by atoms with Crippen LogP contribution < -0.4 is 15.4 Å². The number of benzene rings is 1. The lowest BCUT2D eigenvalue weighted by Gasteiger charge is -2.11. The molecular weight excluding hydrogens is 448 g/mol. The Hall–Kier alpha value is -1.84. The molecule has 0 atom stereocenters. The Bertz CT molecular complexity index is 619. The number of rotatable bonds is 10. The van der Waals surface area contributed by atoms with E-state index in [0.717, 1.165) is 38.4 Å². The van der Waals surface area contributed by atoms with Crippen LogP contribution in [-0.4, -0.2) is 42.0 Å². The monoisotopic (exact) mass is 475 g/mol. The van der Waals surface area contributed by atoms with Crippen molar-refractivity contribution in [1.82, 2.24) is 20.4 Å². The molecule has 6 nitrogen and oxygen atoms in total. The predicted molar refractivity (Wildman–Crippen MR) is 113 cm³/mol. The summed E-state index contributed by atoms with van der Waals surface area (Å²) in [5.41, 5.74) is 0. The zero-order valence-corrected chi connectivity index (χ0v) is 17.4. The number of aryl methyl sites for hydroxylation is 1. The second-order valence-electron chi connectivity index (χ2n) is 5.47. The van der Waals surface area contributed by atoms with Crippen LogP contribution in [0.3, 0.4) is 0 Å². The van der Waals surface area contributed by atoms with Gasteiger partial charge in [-0.3, -0.25) is 9.67 Å². The van der Waals surface area contributed by atoms with E-state index in [-0.39, 0.29) is 29.8 Å². The molecule has 0 aliphatic heterocycles. The van der Waals surface area contributed by atoms with Crippen LogP contribution in [0.2, 0.25) is 0 Å². The number of nitrogens with zero attached hydrogens (tertiary/aromatic N) is 3. The standard InChI is InChI=1S/C18H26FN5O.HI/c1-2-20-18(21-10-3-13-24-14-4-12-23-24)22-11-5-15-25-17-8-6-16(19)7-9-17;/h4,6-9,12,14H,2-3,5,10-11,13,15H2,1H3,(H2,20,21,22);1H. The minimum absolute atomic E-state index is 0. The van der Waals surface area contributed by atoms with Crippen molar-refractivity contribution in [2.75, 3.05) is 26.2 Å². The van der Waals surface area contributed by atoms with E-state index in [1.165, 1.54) is 12.1 Å². The van der Waals surface area contributed by atoms with Gasteiger partial charge in [0, 0.05) is 45.0 Å². The first-order chi connectivity index (χ1) is 12.3. The summed E-state index contributed by atoms with van der Waals surface area (Å²) in [6, 6.07) is 7.97. The number of aromatic nitrogens is 2. The largest absolute Gasteiger partial charge is 0.494 e. The zero-order valence-electron chi connectivity index (χ0n) is 15.0. The number of aliphatic imine (C=N–C) groups is 1. The fourth-order valence-corrected chi connectivity index (χ4v) is 2.20. The first-order valence-corrected chi connectivity index (χ1v) is 8.66. The van der Waals surface area contributed by atoms with Gasteiger partial charge in [-0.15, -0.1) is 24.0 Å². The number of halogens is 2. The highest BCUT2D eigenvalue weighted by Gasteiger charge is 1.98. The molecule has 2 N–H and O–H groups in total. The van der Waals surface area contributed by atoms with Crippen LogP contribution in [0.15, 0.2) is 47.7 Å². The second kappa shape index (κ2) is 13.4. The number of hydrogen-bond donors (Lipinski definition) is 2. The molecule has 0 bridgehead atoms. The van der Waals surface area contributed by atoms with E-state index < -0.39 is 0 Å². The third-order valence-corrected chi connectivity index (χ3v) is 3.41. The molecule has 0 unspecified atom stereocenters. The van der Waals surface area contributed by atoms with Gasteiger partial charge in [-0.2, -0.15) is 5.10 Å². The van der Waals surface area contributed by atoms with Gasteiger partial charge in [0.25, 0.3) is 0 Å². The molecule has 8 heteroatoms. The van der Waals surface area contributed by atoms with Crippen LogP contribution in [-0.2, 0) is 6.54 Å². The zero-order chi connectivity index (χ0) is 17.7. The minimum Gasteiger partial charge on any atom is -0.494 e. The minimum atomic E-state index is -0.258. The molecule has 2 aromatic rings. The highest BCUT2D eigenvalue weighted by atomic mass is 127. The van der Waals surface area contributed by atoms with Crippen molar-refractivity contribution in [2.45, 2.75) is 26.3 Å². The van der Waals surface area contributed by atoms with E-state index in [2.05, 4.69) is 20.7 Å². The molecule has 0 aliphatic carbocycles. The maximum Gasteiger partial charge on any atom is 0.191 e. The molecule has 26 heavy (non-hydrogen) atoms. The normalized spacial score (nSPS) is 10.9. The topological polar surface area (TPSA) is 63.5 Å². The van der Waals surface area contributed by atoms with Crippen molar-refractivity contribution in [3.63, 3.8) is 0 Å². The summed E-state index contributed by atoms with van der Waals surface area (Å²) in [5.74, 6) is 1.23. The maximum absolute atomic E-state index is 12.8. The van der Waals surface area contributed by atoms with Crippen molar-refractivity contribution in [1.29, 1.82) is 0 Å². The molecule has 1 aromatic heterocycles. The molecule has 0 fully saturated rings. The maximum atomic E-state index is 12.8. The van der Waals surface area contributed by atoms with E-state index in [4.69, 9.17) is 4.74 Å². The summed E-state index contributed by atoms with van der Waals surface area (Å²) in [6.07, 6.45) is 5.51. The van der Waals surface area contributed by atoms with Crippen LogP contribution >= 0.6 is 24.0 Å². The van der Waals surface area contributed by atoms with Gasteiger partial charge in [-0.05, 0) is 43.7 Å². The molecule has 1 heterocycles. The van der Waals surface area contributed by atoms with Gasteiger partial charge >= 0.3 is 0 Å². The van der Waals surface area contributed by atoms with Gasteiger partial charge in [-0.25, -0.2) is 4.39 Å². The van der Waals surface area contributed by atoms with Crippen molar-refractivity contribution in [3.05, 3.63) is 48.5 Å². The van der Waals surface area contributed by atoms with Gasteiger partial charge in [-0.1, -0.05) is 0 Å². The van der Waals surface area contributed by atoms with E-state index in [0.29, 0.717) is 18.9 Å². The van der Waals surface area contributed by atoms with E-state index >= 15 is 0 Å². The Kier molecular flexibility index (Phi) is 11.4. The van der Waals surface area contributed by atoms with E-state index in [1.54, 1.807) is 18.3 Å². The third-order valence-electron chi connectivity index (χ3n) is 3.41. The Morgan fingerprint density at radius 2 is 2.04 bits per heavy atom. The predicted octanol–water partition coefficient (Wildman–Crippen LogP) is 3.05. The summed E-state index contributed by atoms with van der Waals surface area (Å²) in [4.78, 5) is 4.53. The third kappa shape index (κ3) is 9.02. The van der Waals surface area contributed by atoms with Gasteiger partial charge in [0.2, 0.25) is 0 Å². The first-order valence-electron chi connectivity index (χ1n) is 8.66. The average Bonchev–Trinajstić information content (AvgIpc) is 3.13. The molecule has 0 radical (unpaired) electrons. The Morgan fingerprint density at radius 1 is 1.23 bits per heavy atom. The summed E-state index contributed by atoms with van der Waals surface area (Å²) in [5, 5.41) is 10.7. The highest BCUT2D eigenvalue weighted by molar-refractivity contribution is 14.0. The van der Waals surface area contributed by atoms with E-state index in [9.17, 15) is 4.39 Å². The van der Waals surface area contributed by atoms with Crippen molar-refractivity contribution in [2.24, 2.45) is 4.99 Å². The number of nitrogens with one attached hydrogen (secondary N) is 2. The first kappa shape index (κ1) is 22.2. The van der Waals surface area contributed by atoms with Crippen LogP contribution in [0.1, 0.15) is 19.8 Å². The summed E-state index contributed by atoms with van der Waals surface area (Å²) < 4.78 is 20.3. The lowest BCUT2D eigenvalue weighted by atomic mass is 10.3. The molecule has 144 valence electrons. The van der Waals surface area contributed by atoms with Crippen molar-refractivity contribution < 1.29 is 9.13 Å². The SMILES string of the molecule is CCNC(=NCCCOc1ccc(F)cc1)NCCCn1cccn1.I. The fourth-order valence-electron chi connectivity index (χ4n) is 2.20. The van der Waals surface area contributed by atoms with Crippen LogP contribution in [0, 0.1) is 5.82 Å². The molecule has 0 amide bonds. The van der Waals surface area contributed by atoms with Gasteiger partial charge in [0.15, 0.2) is 5.96 Å². The van der Waals surface area contributed by atoms with Gasteiger partial charge < -0.3 is 15.4 Å². The van der Waals surface area contributed by atoms with E-state index in [1.807, 2.05) is 23.9 Å². The fraction of sp³-hybridized carbons (Fsp3) is 0.444. The Balaban J connectivity index is 0.00000338. The molecule has 0 saturated heterocycles. The molecule has 0 saturated carbocycles. The molecule has 0 spiro atoms. The molecule has 0 aliphatic rings. The van der Waals surface area contributed by atoms with Crippen LogP contribution in [0.25, 0.3) is 0 Å². The highest BCUT2D eigenvalue weighted by Crippen LogP contribution is 2.11. The second-order valence-corrected chi connectivity index (χ2v) is 5.47. The van der Waals surface area contributed by atoms with Crippen molar-refractivity contribution in [3.8, 4) is 5.75 Å². The summed E-state index contributed by atoms with van der Waals surface area (Å²) in [7, 11) is 0. The lowest BCUT2D eigenvalue weighted by molar-refractivity contribution is 0.313. The van der Waals surface area contributed by atoms with Crippen LogP contribution in [0.4, 0.5) is 4.39 Å². The molecular formula is C18H27FIN5O. The van der Waals surface area contributed by atoms with Crippen molar-refractivity contribution >= 4 is 29.9 Å². The summed E-state index contributed by atoms with van der Waals surface area (Å²) >= 11 is 0. The Morgan fingerprint density at radius 3 is 2.73 bits per heavy atom. The molecule has 2 rings (SSSR count). The van der Waals surface area contributed by atoms with Gasteiger partial charge in [0.1, 0.15) is 11.6 Å². The Labute approximate surface area is 171 Å². The quantitative estimate of drug-likeness (QED) is 0.240. The number of ether oxygens (including phenoxy) is 1. The van der Waals surface area contributed by atoms with Gasteiger partial charge in [0.05, 0.1) is 6.61 Å². The summed E-state index contributed by atoms with van der Waals surface area (Å²) in [6.45, 7) is 5.78. The smallest absolute Gasteiger partial charge is 0.191 e. The molecule has 1 aromatic carbocycles. The number of hydrogen-bond acceptors (Lipinski definition) is 3. The lowest BCUT2D eigenvalue weighted by Crippen LogP contribution is -2.38. The van der Waals surface area contributed by atoms with Crippen LogP contribution in [0.5, 0.6) is 5.75 Å². The average molecular weight is 475 g/mol.